The Morgan fingerprint density at radius 3 is 2.70 bits per heavy atom. The third-order valence-electron chi connectivity index (χ3n) is 4.02. The zero-order valence-electron chi connectivity index (χ0n) is 13.4. The SMILES string of the molecule is CCNC(Cc1cc(C)nn1CC)C(OCC)C1CC1. The summed E-state index contributed by atoms with van der Waals surface area (Å²) in [5, 5.41) is 8.19. The van der Waals surface area contributed by atoms with Gasteiger partial charge in [0.2, 0.25) is 0 Å². The van der Waals surface area contributed by atoms with Crippen molar-refractivity contribution in [1.29, 1.82) is 0 Å². The molecule has 4 heteroatoms. The summed E-state index contributed by atoms with van der Waals surface area (Å²) in [5.74, 6) is 0.748. The molecule has 1 N–H and O–H groups in total. The van der Waals surface area contributed by atoms with Gasteiger partial charge in [0.1, 0.15) is 0 Å². The smallest absolute Gasteiger partial charge is 0.0759 e. The van der Waals surface area contributed by atoms with Gasteiger partial charge in [-0.15, -0.1) is 0 Å². The van der Waals surface area contributed by atoms with Crippen molar-refractivity contribution in [3.8, 4) is 0 Å². The standard InChI is InChI=1S/C16H29N3O/c1-5-17-15(16(20-7-3)13-8-9-13)11-14-10-12(4)18-19(14)6-2/h10,13,15-17H,5-9,11H2,1-4H3. The highest BCUT2D eigenvalue weighted by molar-refractivity contribution is 5.11. The summed E-state index contributed by atoms with van der Waals surface area (Å²) in [6.45, 7) is 11.2. The Morgan fingerprint density at radius 2 is 2.15 bits per heavy atom. The molecule has 0 aromatic carbocycles. The van der Waals surface area contributed by atoms with Crippen LogP contribution in [0, 0.1) is 12.8 Å². The van der Waals surface area contributed by atoms with E-state index in [2.05, 4.69) is 48.9 Å². The Labute approximate surface area is 122 Å². The van der Waals surface area contributed by atoms with E-state index in [1.54, 1.807) is 0 Å². The molecule has 4 nitrogen and oxygen atoms in total. The van der Waals surface area contributed by atoms with Crippen molar-refractivity contribution in [3.63, 3.8) is 0 Å². The molecule has 0 aliphatic heterocycles. The maximum Gasteiger partial charge on any atom is 0.0759 e. The van der Waals surface area contributed by atoms with Crippen molar-refractivity contribution >= 4 is 0 Å². The molecule has 2 rings (SSSR count). The number of aromatic nitrogens is 2. The second kappa shape index (κ2) is 7.23. The van der Waals surface area contributed by atoms with Crippen molar-refractivity contribution in [3.05, 3.63) is 17.5 Å². The van der Waals surface area contributed by atoms with Crippen LogP contribution in [-0.4, -0.2) is 35.1 Å². The Kier molecular flexibility index (Phi) is 5.61. The lowest BCUT2D eigenvalue weighted by Crippen LogP contribution is -2.44. The first-order chi connectivity index (χ1) is 9.69. The van der Waals surface area contributed by atoms with E-state index in [-0.39, 0.29) is 0 Å². The minimum Gasteiger partial charge on any atom is -0.377 e. The number of likely N-dealkylation sites (N-methyl/N-ethyl adjacent to an activating group) is 1. The van der Waals surface area contributed by atoms with Crippen LogP contribution in [0.2, 0.25) is 0 Å². The lowest BCUT2D eigenvalue weighted by Gasteiger charge is -2.28. The van der Waals surface area contributed by atoms with E-state index in [9.17, 15) is 0 Å². The molecule has 1 aromatic rings. The van der Waals surface area contributed by atoms with Crippen LogP contribution in [0.5, 0.6) is 0 Å². The fraction of sp³-hybridized carbons (Fsp3) is 0.812. The second-order valence-corrected chi connectivity index (χ2v) is 5.72. The zero-order chi connectivity index (χ0) is 14.5. The molecule has 0 bridgehead atoms. The Morgan fingerprint density at radius 1 is 1.40 bits per heavy atom. The molecule has 114 valence electrons. The molecule has 0 amide bonds. The molecular formula is C16H29N3O. The quantitative estimate of drug-likeness (QED) is 0.755. The van der Waals surface area contributed by atoms with Crippen molar-refractivity contribution in [2.75, 3.05) is 13.2 Å². The zero-order valence-corrected chi connectivity index (χ0v) is 13.4. The van der Waals surface area contributed by atoms with Gasteiger partial charge in [0.25, 0.3) is 0 Å². The molecule has 1 aliphatic carbocycles. The molecule has 2 atom stereocenters. The number of hydrogen-bond donors (Lipinski definition) is 1. The van der Waals surface area contributed by atoms with Crippen LogP contribution in [0.4, 0.5) is 0 Å². The summed E-state index contributed by atoms with van der Waals surface area (Å²) in [7, 11) is 0. The van der Waals surface area contributed by atoms with Crippen molar-refractivity contribution in [2.24, 2.45) is 5.92 Å². The molecule has 2 unspecified atom stereocenters. The summed E-state index contributed by atoms with van der Waals surface area (Å²) in [6.07, 6.45) is 3.99. The molecule has 1 fully saturated rings. The Hall–Kier alpha value is -0.870. The fourth-order valence-electron chi connectivity index (χ4n) is 3.03. The van der Waals surface area contributed by atoms with Crippen molar-refractivity contribution in [2.45, 2.75) is 65.6 Å². The summed E-state index contributed by atoms with van der Waals surface area (Å²) >= 11 is 0. The van der Waals surface area contributed by atoms with E-state index in [1.165, 1.54) is 18.5 Å². The molecule has 1 aliphatic rings. The summed E-state index contributed by atoms with van der Waals surface area (Å²) in [4.78, 5) is 0. The van der Waals surface area contributed by atoms with Crippen LogP contribution < -0.4 is 5.32 Å². The van der Waals surface area contributed by atoms with Crippen LogP contribution in [0.25, 0.3) is 0 Å². The van der Waals surface area contributed by atoms with Gasteiger partial charge in [-0.25, -0.2) is 0 Å². The topological polar surface area (TPSA) is 39.1 Å². The predicted molar refractivity (Wildman–Crippen MR) is 81.9 cm³/mol. The highest BCUT2D eigenvalue weighted by Crippen LogP contribution is 2.36. The predicted octanol–water partition coefficient (Wildman–Crippen LogP) is 2.55. The molecule has 0 spiro atoms. The van der Waals surface area contributed by atoms with Gasteiger partial charge in [-0.3, -0.25) is 4.68 Å². The Bertz CT molecular complexity index is 412. The first kappa shape index (κ1) is 15.5. The van der Waals surface area contributed by atoms with Gasteiger partial charge in [0.05, 0.1) is 11.8 Å². The lowest BCUT2D eigenvalue weighted by atomic mass is 10.0. The number of hydrogen-bond acceptors (Lipinski definition) is 3. The maximum atomic E-state index is 6.04. The number of nitrogens with one attached hydrogen (secondary N) is 1. The highest BCUT2D eigenvalue weighted by Gasteiger charge is 2.37. The van der Waals surface area contributed by atoms with E-state index < -0.39 is 0 Å². The monoisotopic (exact) mass is 279 g/mol. The molecular weight excluding hydrogens is 250 g/mol. The van der Waals surface area contributed by atoms with Gasteiger partial charge in [-0.2, -0.15) is 5.10 Å². The minimum absolute atomic E-state index is 0.348. The van der Waals surface area contributed by atoms with E-state index >= 15 is 0 Å². The van der Waals surface area contributed by atoms with Crippen LogP contribution in [0.3, 0.4) is 0 Å². The highest BCUT2D eigenvalue weighted by atomic mass is 16.5. The van der Waals surface area contributed by atoms with E-state index in [4.69, 9.17) is 4.74 Å². The average Bonchev–Trinajstić information content (AvgIpc) is 3.20. The summed E-state index contributed by atoms with van der Waals surface area (Å²) in [6, 6.07) is 2.61. The van der Waals surface area contributed by atoms with Crippen LogP contribution in [-0.2, 0) is 17.7 Å². The van der Waals surface area contributed by atoms with Crippen LogP contribution >= 0.6 is 0 Å². The van der Waals surface area contributed by atoms with Gasteiger partial charge >= 0.3 is 0 Å². The van der Waals surface area contributed by atoms with E-state index in [0.29, 0.717) is 12.1 Å². The minimum atomic E-state index is 0.348. The van der Waals surface area contributed by atoms with Crippen molar-refractivity contribution < 1.29 is 4.74 Å². The number of nitrogens with zero attached hydrogens (tertiary/aromatic N) is 2. The first-order valence-corrected chi connectivity index (χ1v) is 8.07. The molecule has 1 saturated carbocycles. The third-order valence-corrected chi connectivity index (χ3v) is 4.02. The van der Waals surface area contributed by atoms with Gasteiger partial charge < -0.3 is 10.1 Å². The Balaban J connectivity index is 2.10. The lowest BCUT2D eigenvalue weighted by molar-refractivity contribution is 0.0191. The summed E-state index contributed by atoms with van der Waals surface area (Å²) < 4.78 is 8.16. The molecule has 20 heavy (non-hydrogen) atoms. The molecule has 0 radical (unpaired) electrons. The van der Waals surface area contributed by atoms with Gasteiger partial charge in [0, 0.05) is 31.3 Å². The second-order valence-electron chi connectivity index (χ2n) is 5.72. The van der Waals surface area contributed by atoms with Crippen LogP contribution in [0.15, 0.2) is 6.07 Å². The van der Waals surface area contributed by atoms with Crippen LogP contribution in [0.1, 0.15) is 45.0 Å². The molecule has 0 saturated heterocycles. The maximum absolute atomic E-state index is 6.04. The normalized spacial score (nSPS) is 18.2. The van der Waals surface area contributed by atoms with Gasteiger partial charge in [0.15, 0.2) is 0 Å². The number of rotatable bonds is 9. The molecule has 1 aromatic heterocycles. The summed E-state index contributed by atoms with van der Waals surface area (Å²) in [5.41, 5.74) is 2.43. The first-order valence-electron chi connectivity index (χ1n) is 8.07. The van der Waals surface area contributed by atoms with E-state index in [1.807, 2.05) is 0 Å². The average molecular weight is 279 g/mol. The van der Waals surface area contributed by atoms with Crippen molar-refractivity contribution in [1.82, 2.24) is 15.1 Å². The molecule has 1 heterocycles. The van der Waals surface area contributed by atoms with Gasteiger partial charge in [-0.05, 0) is 52.1 Å². The van der Waals surface area contributed by atoms with E-state index in [0.717, 1.165) is 37.7 Å². The number of ether oxygens (including phenoxy) is 1. The fourth-order valence-corrected chi connectivity index (χ4v) is 3.03. The number of aryl methyl sites for hydroxylation is 2. The van der Waals surface area contributed by atoms with Gasteiger partial charge in [-0.1, -0.05) is 6.92 Å². The third kappa shape index (κ3) is 3.83. The largest absolute Gasteiger partial charge is 0.377 e.